The molecule has 4 heterocycles. The average molecular weight is 1110 g/mol. The lowest BCUT2D eigenvalue weighted by Gasteiger charge is -2.37. The topological polar surface area (TPSA) is 73.8 Å². The van der Waals surface area contributed by atoms with E-state index >= 15 is 0 Å². The van der Waals surface area contributed by atoms with Gasteiger partial charge in [0.1, 0.15) is 46.0 Å². The summed E-state index contributed by atoms with van der Waals surface area (Å²) in [5.41, 5.74) is 13.6. The molecule has 362 valence electrons. The molecule has 4 atom stereocenters. The van der Waals surface area contributed by atoms with Gasteiger partial charge in [-0.05, 0) is 56.9 Å². The number of halogens is 3. The molecule has 0 amide bonds. The molecule has 0 spiro atoms. The number of alkyl halides is 3. The number of hydrogen-bond acceptors (Lipinski definition) is 8. The van der Waals surface area contributed by atoms with Gasteiger partial charge in [0.15, 0.2) is 0 Å². The molecule has 8 nitrogen and oxygen atoms in total. The lowest BCUT2D eigenvalue weighted by molar-refractivity contribution is 0.0954. The number of rotatable bonds is 19. The Labute approximate surface area is 424 Å². The summed E-state index contributed by atoms with van der Waals surface area (Å²) in [5, 5.41) is 1.66. The molecule has 4 unspecified atom stereocenters. The third-order valence-electron chi connectivity index (χ3n) is 15.1. The van der Waals surface area contributed by atoms with Crippen LogP contribution in [0.25, 0.3) is 0 Å². The van der Waals surface area contributed by atoms with Gasteiger partial charge >= 0.3 is 0 Å². The highest BCUT2D eigenvalue weighted by molar-refractivity contribution is 9.09. The van der Waals surface area contributed by atoms with Gasteiger partial charge in [-0.2, -0.15) is 0 Å². The van der Waals surface area contributed by atoms with Crippen molar-refractivity contribution in [1.29, 1.82) is 0 Å². The molecule has 4 aromatic carbocycles. The zero-order chi connectivity index (χ0) is 46.6. The molecule has 0 aromatic heterocycles. The second-order valence-corrected chi connectivity index (χ2v) is 20.8. The molecule has 0 radical (unpaired) electrons. The summed E-state index contributed by atoms with van der Waals surface area (Å²) >= 11 is 12.0. The van der Waals surface area contributed by atoms with Crippen LogP contribution in [0.15, 0.2) is 24.3 Å². The van der Waals surface area contributed by atoms with Crippen molar-refractivity contribution in [2.75, 3.05) is 27.2 Å². The van der Waals surface area contributed by atoms with Crippen molar-refractivity contribution in [2.24, 2.45) is 0 Å². The lowest BCUT2D eigenvalue weighted by Crippen LogP contribution is -2.25. The molecule has 0 saturated carbocycles. The first-order valence-electron chi connectivity index (χ1n) is 25.4. The van der Waals surface area contributed by atoms with Crippen LogP contribution in [0.1, 0.15) is 221 Å². The van der Waals surface area contributed by atoms with Gasteiger partial charge in [0.25, 0.3) is 0 Å². The minimum Gasteiger partial charge on any atom is -0.457 e. The van der Waals surface area contributed by atoms with Gasteiger partial charge in [-0.25, -0.2) is 0 Å². The van der Waals surface area contributed by atoms with Gasteiger partial charge in [0.05, 0.1) is 0 Å². The van der Waals surface area contributed by atoms with E-state index in [4.69, 9.17) is 37.9 Å². The Kier molecular flexibility index (Phi) is 16.2. The van der Waals surface area contributed by atoms with E-state index in [9.17, 15) is 0 Å². The van der Waals surface area contributed by atoms with Crippen molar-refractivity contribution in [2.45, 2.75) is 177 Å². The van der Waals surface area contributed by atoms with Crippen LogP contribution < -0.4 is 37.9 Å². The fraction of sp³-hybridized carbons (Fsp3) is 0.571. The maximum Gasteiger partial charge on any atom is 0.230 e. The maximum absolute atomic E-state index is 6.90. The zero-order valence-corrected chi connectivity index (χ0v) is 45.0. The van der Waals surface area contributed by atoms with E-state index in [1.807, 2.05) is 0 Å². The van der Waals surface area contributed by atoms with Crippen molar-refractivity contribution < 1.29 is 37.9 Å². The first-order chi connectivity index (χ1) is 32.9. The van der Waals surface area contributed by atoms with Crippen LogP contribution in [0.3, 0.4) is 0 Å². The fourth-order valence-electron chi connectivity index (χ4n) is 11.8. The summed E-state index contributed by atoms with van der Waals surface area (Å²) in [7, 11) is 0. The Bertz CT molecular complexity index is 2260. The van der Waals surface area contributed by atoms with Gasteiger partial charge in [0, 0.05) is 106 Å². The quantitative estimate of drug-likeness (QED) is 0.0679. The van der Waals surface area contributed by atoms with Crippen molar-refractivity contribution in [3.8, 4) is 46.0 Å². The molecule has 4 aromatic rings. The van der Waals surface area contributed by atoms with Gasteiger partial charge in [-0.15, -0.1) is 0 Å². The largest absolute Gasteiger partial charge is 0.457 e. The van der Waals surface area contributed by atoms with Crippen LogP contribution in [-0.4, -0.2) is 27.2 Å². The summed E-state index contributed by atoms with van der Waals surface area (Å²) in [5.74, 6) is 6.67. The molecule has 11 heteroatoms. The molecule has 1 aliphatic carbocycles. The van der Waals surface area contributed by atoms with E-state index in [-0.39, 0.29) is 50.8 Å². The van der Waals surface area contributed by atoms with Gasteiger partial charge < -0.3 is 37.9 Å². The van der Waals surface area contributed by atoms with Crippen molar-refractivity contribution >= 4 is 47.8 Å². The summed E-state index contributed by atoms with van der Waals surface area (Å²) in [6.07, 6.45) is 17.0. The van der Waals surface area contributed by atoms with Crippen LogP contribution in [0.2, 0.25) is 0 Å². The molecule has 0 saturated heterocycles. The van der Waals surface area contributed by atoms with Crippen LogP contribution >= 0.6 is 47.8 Å². The number of hydrogen-bond donors (Lipinski definition) is 0. The lowest BCUT2D eigenvalue weighted by atomic mass is 9.74. The van der Waals surface area contributed by atoms with Crippen LogP contribution in [0.4, 0.5) is 0 Å². The van der Waals surface area contributed by atoms with E-state index in [1.54, 1.807) is 0 Å². The van der Waals surface area contributed by atoms with E-state index in [2.05, 4.69) is 107 Å². The predicted octanol–water partition coefficient (Wildman–Crippen LogP) is 16.8. The number of unbranched alkanes of at least 4 members (excludes halogenated alkanes) is 8. The average Bonchev–Trinajstić information content (AvgIpc) is 3.31. The van der Waals surface area contributed by atoms with Gasteiger partial charge in [0.2, 0.25) is 27.2 Å². The normalized spacial score (nSPS) is 19.4. The van der Waals surface area contributed by atoms with Crippen molar-refractivity contribution in [3.05, 3.63) is 91.0 Å². The first-order valence-corrected chi connectivity index (χ1v) is 28.7. The predicted molar refractivity (Wildman–Crippen MR) is 277 cm³/mol. The van der Waals surface area contributed by atoms with E-state index < -0.39 is 0 Å². The molecule has 0 N–H and O–H groups in total. The number of ether oxygens (including phenoxy) is 8. The second kappa shape index (κ2) is 22.2. The summed E-state index contributed by atoms with van der Waals surface area (Å²) in [4.78, 5) is 0. The Morgan fingerprint density at radius 2 is 0.552 bits per heavy atom. The standard InChI is InChI=1S/C56H69Br3O8/c1-6-10-14-18-34-38-22-39-35(19-15-11-7-2)41-24-43-37(21-17-13-9-4)45-25-44-36(20-16-12-8-3)42-23-40(34)51-46(26-57)53(42)64-31-66-55(44)48(28-59)56(45)67-32-65-54(43)47(27-58)52(41)63-30-61-50(39)33(5)49(38)60-29-62-51/h22-25,34-37H,6-21,26-32H2,1-5H3. The molecular formula is C56H69Br3O8. The minimum atomic E-state index is -0.0306. The Morgan fingerprint density at radius 3 is 0.761 bits per heavy atom. The maximum atomic E-state index is 6.90. The molecule has 67 heavy (non-hydrogen) atoms. The molecule has 9 rings (SSSR count). The van der Waals surface area contributed by atoms with Crippen LogP contribution in [0.5, 0.6) is 46.0 Å². The Balaban J connectivity index is 1.47. The van der Waals surface area contributed by atoms with E-state index in [1.165, 1.54) is 44.5 Å². The molecular weight excluding hydrogens is 1040 g/mol. The van der Waals surface area contributed by atoms with Crippen LogP contribution in [0, 0.1) is 6.92 Å². The zero-order valence-electron chi connectivity index (χ0n) is 40.3. The van der Waals surface area contributed by atoms with Gasteiger partial charge in [-0.1, -0.05) is 153 Å². The monoisotopic (exact) mass is 1110 g/mol. The second-order valence-electron chi connectivity index (χ2n) is 19.1. The molecule has 4 aliphatic heterocycles. The Hall–Kier alpha value is -3.28. The molecule has 0 fully saturated rings. The highest BCUT2D eigenvalue weighted by Gasteiger charge is 2.41. The summed E-state index contributed by atoms with van der Waals surface area (Å²) in [6, 6.07) is 9.90. The molecule has 5 aliphatic rings. The molecule has 8 bridgehead atoms. The third kappa shape index (κ3) is 9.18. The smallest absolute Gasteiger partial charge is 0.230 e. The first kappa shape index (κ1) is 48.7. The highest BCUT2D eigenvalue weighted by Crippen LogP contribution is 2.59. The van der Waals surface area contributed by atoms with Crippen LogP contribution in [-0.2, 0) is 16.0 Å². The highest BCUT2D eigenvalue weighted by atomic mass is 79.9. The summed E-state index contributed by atoms with van der Waals surface area (Å²) < 4.78 is 55.1. The Morgan fingerprint density at radius 1 is 0.343 bits per heavy atom. The SMILES string of the molecule is CCCCCC1c2cc3c4c(C)c2OCOc2c1cc1c(c2CBr)OCOc2c(cc5c(c2CBr)OCOc2c(cc(c(c2CBr)OCO4)C3CCCCC)C5CCCCC)C1CCCCC. The van der Waals surface area contributed by atoms with E-state index in [0.717, 1.165) is 171 Å². The fourth-order valence-corrected chi connectivity index (χ4v) is 13.4. The third-order valence-corrected chi connectivity index (χ3v) is 16.8. The van der Waals surface area contributed by atoms with Crippen molar-refractivity contribution in [1.82, 2.24) is 0 Å². The minimum absolute atomic E-state index is 0.0193. The van der Waals surface area contributed by atoms with E-state index in [0.29, 0.717) is 16.0 Å². The number of benzene rings is 4. The summed E-state index contributed by atoms with van der Waals surface area (Å²) in [6.45, 7) is 11.5. The van der Waals surface area contributed by atoms with Gasteiger partial charge in [-0.3, -0.25) is 0 Å². The van der Waals surface area contributed by atoms with Crippen molar-refractivity contribution in [3.63, 3.8) is 0 Å².